The predicted molar refractivity (Wildman–Crippen MR) is 154 cm³/mol. The first-order valence-electron chi connectivity index (χ1n) is 15.1. The molecule has 5 unspecified atom stereocenters. The van der Waals surface area contributed by atoms with E-state index < -0.39 is 35.5 Å². The zero-order valence-corrected chi connectivity index (χ0v) is 24.9. The Morgan fingerprint density at radius 2 is 1.62 bits per heavy atom. The van der Waals surface area contributed by atoms with Gasteiger partial charge in [0.1, 0.15) is 23.4 Å². The number of ether oxygens (including phenoxy) is 3. The second-order valence-corrected chi connectivity index (χ2v) is 12.6. The third-order valence-corrected chi connectivity index (χ3v) is 9.12. The number of ketones is 1. The fourth-order valence-electron chi connectivity index (χ4n) is 6.31. The lowest BCUT2D eigenvalue weighted by Crippen LogP contribution is -2.57. The Kier molecular flexibility index (Phi) is 9.49. The Morgan fingerprint density at radius 3 is 2.24 bits per heavy atom. The third kappa shape index (κ3) is 7.87. The molecule has 0 radical (unpaired) electrons. The van der Waals surface area contributed by atoms with Crippen LogP contribution >= 0.6 is 0 Å². The number of nitrogens with one attached hydrogen (secondary N) is 3. The molecule has 3 N–H and O–H groups in total. The zero-order valence-electron chi connectivity index (χ0n) is 24.9. The van der Waals surface area contributed by atoms with E-state index in [0.717, 1.165) is 30.2 Å². The maximum atomic E-state index is 13.8. The van der Waals surface area contributed by atoms with Crippen molar-refractivity contribution in [3.8, 4) is 5.75 Å². The second kappa shape index (κ2) is 13.1. The first kappa shape index (κ1) is 30.4. The number of nitrogens with zero attached hydrogens (tertiary/aromatic N) is 1. The van der Waals surface area contributed by atoms with Crippen molar-refractivity contribution in [2.75, 3.05) is 46.6 Å². The minimum atomic E-state index is -0.954. The summed E-state index contributed by atoms with van der Waals surface area (Å²) in [6.45, 7) is 6.33. The monoisotopic (exact) mass is 584 g/mol. The molecule has 2 aliphatic carbocycles. The first-order chi connectivity index (χ1) is 20.1. The van der Waals surface area contributed by atoms with Crippen LogP contribution in [0, 0.1) is 17.8 Å². The van der Waals surface area contributed by atoms with Gasteiger partial charge in [-0.25, -0.2) is 0 Å². The van der Waals surface area contributed by atoms with Crippen molar-refractivity contribution in [2.24, 2.45) is 17.8 Å². The summed E-state index contributed by atoms with van der Waals surface area (Å²) < 4.78 is 16.0. The number of amides is 3. The van der Waals surface area contributed by atoms with Crippen molar-refractivity contribution in [2.45, 2.75) is 69.7 Å². The number of morpholine rings is 1. The van der Waals surface area contributed by atoms with Gasteiger partial charge in [-0.15, -0.1) is 0 Å². The number of fused-ring (bicyclic) bond motifs is 1. The van der Waals surface area contributed by atoms with Crippen LogP contribution in [-0.2, 0) is 35.1 Å². The molecule has 2 aliphatic heterocycles. The summed E-state index contributed by atoms with van der Waals surface area (Å²) in [6, 6.07) is 4.77. The summed E-state index contributed by atoms with van der Waals surface area (Å²) in [5, 5.41) is 8.57. The summed E-state index contributed by atoms with van der Waals surface area (Å²) in [4.78, 5) is 55.0. The van der Waals surface area contributed by atoms with Gasteiger partial charge >= 0.3 is 0 Å². The van der Waals surface area contributed by atoms with Gasteiger partial charge in [-0.3, -0.25) is 24.1 Å². The molecular weight excluding hydrogens is 540 g/mol. The minimum absolute atomic E-state index is 0.116. The molecule has 5 rings (SSSR count). The third-order valence-electron chi connectivity index (χ3n) is 9.12. The van der Waals surface area contributed by atoms with E-state index in [1.165, 1.54) is 6.42 Å². The van der Waals surface area contributed by atoms with Crippen LogP contribution in [0.1, 0.15) is 45.1 Å². The summed E-state index contributed by atoms with van der Waals surface area (Å²) in [5.41, 5.74) is -0.0514. The van der Waals surface area contributed by atoms with Gasteiger partial charge in [0.05, 0.1) is 39.5 Å². The molecule has 1 aromatic rings. The summed E-state index contributed by atoms with van der Waals surface area (Å²) in [7, 11) is 1.58. The van der Waals surface area contributed by atoms with Crippen molar-refractivity contribution >= 4 is 23.5 Å². The van der Waals surface area contributed by atoms with Crippen LogP contribution in [0.4, 0.5) is 0 Å². The number of rotatable bonds is 14. The van der Waals surface area contributed by atoms with Gasteiger partial charge in [-0.1, -0.05) is 12.1 Å². The Hall–Kier alpha value is -3.02. The number of hydrogen-bond acceptors (Lipinski definition) is 8. The molecule has 11 heteroatoms. The SMILES string of the molecule is COc1ccc(CC(NC(=O)C(C)NC(=O)CN2CCOCC2)C(=O)NC(CC2C[C@@H]3C[C@@H]3C2)C(=O)C2(C)CO2)cc1. The number of benzene rings is 1. The molecule has 2 heterocycles. The number of methoxy groups -OCH3 is 1. The molecule has 0 spiro atoms. The van der Waals surface area contributed by atoms with E-state index in [9.17, 15) is 19.2 Å². The molecule has 0 aromatic heterocycles. The Balaban J connectivity index is 1.25. The van der Waals surface area contributed by atoms with E-state index >= 15 is 0 Å². The van der Waals surface area contributed by atoms with E-state index in [1.807, 2.05) is 17.0 Å². The topological polar surface area (TPSA) is 139 Å². The van der Waals surface area contributed by atoms with Crippen LogP contribution in [0.2, 0.25) is 0 Å². The van der Waals surface area contributed by atoms with Crippen LogP contribution in [0.3, 0.4) is 0 Å². The van der Waals surface area contributed by atoms with E-state index in [-0.39, 0.29) is 24.7 Å². The van der Waals surface area contributed by atoms with Gasteiger partial charge in [0, 0.05) is 19.5 Å². The van der Waals surface area contributed by atoms with Gasteiger partial charge in [0.2, 0.25) is 17.7 Å². The highest BCUT2D eigenvalue weighted by atomic mass is 16.6. The molecular formula is C31H44N4O7. The van der Waals surface area contributed by atoms with Gasteiger partial charge in [-0.05, 0) is 75.0 Å². The standard InChI is InChI=1S/C31H44N4O7/c1-19(32-27(36)17-35-8-10-41-11-9-35)29(38)34-26(14-20-4-6-24(40-3)7-5-20)30(39)33-25(28(37)31(2)18-42-31)15-21-12-22-16-23(22)13-21/h4-7,19,21-23,25-26H,8-18H2,1-3H3,(H,32,36)(H,33,39)(H,34,38)/t19?,21?,22-,23+,25?,26?,31?. The molecule has 2 saturated carbocycles. The number of carbonyl (C=O) groups is 4. The van der Waals surface area contributed by atoms with Gasteiger partial charge in [0.15, 0.2) is 5.78 Å². The quantitative estimate of drug-likeness (QED) is 0.274. The van der Waals surface area contributed by atoms with Crippen LogP contribution in [-0.4, -0.2) is 98.7 Å². The number of epoxide rings is 1. The minimum Gasteiger partial charge on any atom is -0.497 e. The average Bonchev–Trinajstić information content (AvgIpc) is 3.88. The van der Waals surface area contributed by atoms with Gasteiger partial charge < -0.3 is 30.2 Å². The molecule has 7 atom stereocenters. The molecule has 0 bridgehead atoms. The highest BCUT2D eigenvalue weighted by molar-refractivity contribution is 5.98. The highest BCUT2D eigenvalue weighted by Crippen LogP contribution is 2.55. The van der Waals surface area contributed by atoms with Crippen molar-refractivity contribution in [1.82, 2.24) is 20.9 Å². The normalized spacial score (nSPS) is 28.5. The fourth-order valence-corrected chi connectivity index (χ4v) is 6.31. The van der Waals surface area contributed by atoms with Crippen molar-refractivity contribution < 1.29 is 33.4 Å². The second-order valence-electron chi connectivity index (χ2n) is 12.6. The maximum Gasteiger partial charge on any atom is 0.243 e. The van der Waals surface area contributed by atoms with E-state index in [2.05, 4.69) is 16.0 Å². The lowest BCUT2D eigenvalue weighted by Gasteiger charge is -2.28. The Labute approximate surface area is 247 Å². The van der Waals surface area contributed by atoms with Crippen LogP contribution in [0.5, 0.6) is 5.75 Å². The van der Waals surface area contributed by atoms with Gasteiger partial charge in [-0.2, -0.15) is 0 Å². The van der Waals surface area contributed by atoms with Crippen molar-refractivity contribution in [3.63, 3.8) is 0 Å². The highest BCUT2D eigenvalue weighted by Gasteiger charge is 2.52. The number of Topliss-reactive ketones (excluding diaryl/α,β-unsaturated/α-hetero) is 1. The number of hydrogen-bond donors (Lipinski definition) is 3. The van der Waals surface area contributed by atoms with E-state index in [1.54, 1.807) is 33.1 Å². The van der Waals surface area contributed by atoms with Crippen LogP contribution < -0.4 is 20.7 Å². The fraction of sp³-hybridized carbons (Fsp3) is 0.677. The smallest absolute Gasteiger partial charge is 0.243 e. The van der Waals surface area contributed by atoms with E-state index in [0.29, 0.717) is 51.0 Å². The van der Waals surface area contributed by atoms with E-state index in [4.69, 9.17) is 14.2 Å². The lowest BCUT2D eigenvalue weighted by atomic mass is 9.89. The zero-order chi connectivity index (χ0) is 29.9. The molecule has 230 valence electrons. The molecule has 2 saturated heterocycles. The molecule has 11 nitrogen and oxygen atoms in total. The van der Waals surface area contributed by atoms with Gasteiger partial charge in [0.25, 0.3) is 0 Å². The molecule has 42 heavy (non-hydrogen) atoms. The first-order valence-corrected chi connectivity index (χ1v) is 15.1. The Bertz CT molecular complexity index is 1140. The maximum absolute atomic E-state index is 13.8. The molecule has 3 amide bonds. The summed E-state index contributed by atoms with van der Waals surface area (Å²) in [5.74, 6) is 1.29. The lowest BCUT2D eigenvalue weighted by molar-refractivity contribution is -0.134. The largest absolute Gasteiger partial charge is 0.497 e. The van der Waals surface area contributed by atoms with Crippen LogP contribution in [0.15, 0.2) is 24.3 Å². The van der Waals surface area contributed by atoms with Crippen molar-refractivity contribution in [1.29, 1.82) is 0 Å². The molecule has 4 fully saturated rings. The molecule has 4 aliphatic rings. The van der Waals surface area contributed by atoms with Crippen LogP contribution in [0.25, 0.3) is 0 Å². The predicted octanol–water partition coefficient (Wildman–Crippen LogP) is 0.838. The summed E-state index contributed by atoms with van der Waals surface area (Å²) in [6.07, 6.45) is 4.25. The summed E-state index contributed by atoms with van der Waals surface area (Å²) >= 11 is 0. The molecule has 1 aromatic carbocycles. The van der Waals surface area contributed by atoms with Crippen molar-refractivity contribution in [3.05, 3.63) is 29.8 Å². The Morgan fingerprint density at radius 1 is 0.976 bits per heavy atom. The average molecular weight is 585 g/mol. The number of carbonyl (C=O) groups excluding carboxylic acids is 4.